The summed E-state index contributed by atoms with van der Waals surface area (Å²) in [5.74, 6) is 0. The summed E-state index contributed by atoms with van der Waals surface area (Å²) in [6.45, 7) is 1.75. The van der Waals surface area contributed by atoms with E-state index in [4.69, 9.17) is 5.73 Å². The van der Waals surface area contributed by atoms with Gasteiger partial charge in [0.25, 0.3) is 0 Å². The molecular weight excluding hydrogens is 184 g/mol. The number of nitrogens with zero attached hydrogens (tertiary/aromatic N) is 1. The quantitative estimate of drug-likeness (QED) is 0.744. The first kappa shape index (κ1) is 10.4. The van der Waals surface area contributed by atoms with Crippen LogP contribution < -0.4 is 5.73 Å². The molecule has 1 aliphatic heterocycles. The van der Waals surface area contributed by atoms with Gasteiger partial charge in [-0.25, -0.2) is 0 Å². The first-order valence-electron chi connectivity index (χ1n) is 5.72. The molecule has 0 amide bonds. The Labute approximate surface area is 91.2 Å². The van der Waals surface area contributed by atoms with Crippen molar-refractivity contribution in [1.82, 2.24) is 0 Å². The van der Waals surface area contributed by atoms with Gasteiger partial charge < -0.3 is 5.73 Å². The summed E-state index contributed by atoms with van der Waals surface area (Å²) in [6.07, 6.45) is 6.59. The molecule has 0 atom stereocenters. The van der Waals surface area contributed by atoms with E-state index in [2.05, 4.69) is 23.2 Å². The first-order valence-corrected chi connectivity index (χ1v) is 5.72. The van der Waals surface area contributed by atoms with Crippen molar-refractivity contribution in [3.8, 4) is 0 Å². The van der Waals surface area contributed by atoms with E-state index in [1.807, 2.05) is 6.21 Å². The van der Waals surface area contributed by atoms with Crippen LogP contribution in [0.3, 0.4) is 0 Å². The highest BCUT2D eigenvalue weighted by molar-refractivity contribution is 5.83. The van der Waals surface area contributed by atoms with E-state index in [0.717, 1.165) is 32.4 Å². The summed E-state index contributed by atoms with van der Waals surface area (Å²) in [5, 5.41) is 0. The van der Waals surface area contributed by atoms with Crippen molar-refractivity contribution in [3.05, 3.63) is 34.9 Å². The van der Waals surface area contributed by atoms with E-state index >= 15 is 0 Å². The Balaban J connectivity index is 2.13. The van der Waals surface area contributed by atoms with Crippen LogP contribution in [0.4, 0.5) is 0 Å². The number of aryl methyl sites for hydroxylation is 1. The summed E-state index contributed by atoms with van der Waals surface area (Å²) < 4.78 is 0. The Hall–Kier alpha value is -1.15. The smallest absolute Gasteiger partial charge is 0.0430 e. The summed E-state index contributed by atoms with van der Waals surface area (Å²) in [7, 11) is 0. The van der Waals surface area contributed by atoms with Gasteiger partial charge >= 0.3 is 0 Å². The molecule has 0 radical (unpaired) electrons. The number of hydrogen-bond donors (Lipinski definition) is 1. The van der Waals surface area contributed by atoms with Crippen LogP contribution in [0.25, 0.3) is 0 Å². The molecule has 80 valence electrons. The fourth-order valence-corrected chi connectivity index (χ4v) is 2.11. The van der Waals surface area contributed by atoms with E-state index in [9.17, 15) is 0 Å². The van der Waals surface area contributed by atoms with Crippen molar-refractivity contribution in [1.29, 1.82) is 0 Å². The summed E-state index contributed by atoms with van der Waals surface area (Å²) >= 11 is 0. The minimum absolute atomic E-state index is 0.802. The molecule has 0 spiro atoms. The Kier molecular flexibility index (Phi) is 3.51. The number of benzene rings is 1. The molecule has 15 heavy (non-hydrogen) atoms. The zero-order valence-electron chi connectivity index (χ0n) is 9.08. The molecule has 0 aromatic heterocycles. The fourth-order valence-electron chi connectivity index (χ4n) is 2.11. The second kappa shape index (κ2) is 5.08. The maximum absolute atomic E-state index is 5.51. The SMILES string of the molecule is NCCCCc1cccc2c1CCN=C2. The van der Waals surface area contributed by atoms with Crippen LogP contribution in [0, 0.1) is 0 Å². The largest absolute Gasteiger partial charge is 0.330 e. The Morgan fingerprint density at radius 2 is 2.20 bits per heavy atom. The molecule has 0 saturated carbocycles. The van der Waals surface area contributed by atoms with Crippen LogP contribution in [-0.2, 0) is 12.8 Å². The number of hydrogen-bond acceptors (Lipinski definition) is 2. The molecule has 2 rings (SSSR count). The molecule has 2 N–H and O–H groups in total. The van der Waals surface area contributed by atoms with Gasteiger partial charge in [-0.15, -0.1) is 0 Å². The van der Waals surface area contributed by atoms with Crippen LogP contribution in [0.1, 0.15) is 29.5 Å². The monoisotopic (exact) mass is 202 g/mol. The zero-order valence-corrected chi connectivity index (χ0v) is 9.08. The van der Waals surface area contributed by atoms with Crippen molar-refractivity contribution < 1.29 is 0 Å². The summed E-state index contributed by atoms with van der Waals surface area (Å²) in [4.78, 5) is 4.31. The van der Waals surface area contributed by atoms with Crippen LogP contribution in [0.2, 0.25) is 0 Å². The average Bonchev–Trinajstić information content (AvgIpc) is 2.30. The predicted octanol–water partition coefficient (Wildman–Crippen LogP) is 1.94. The first-order chi connectivity index (χ1) is 7.42. The van der Waals surface area contributed by atoms with E-state index in [0.29, 0.717) is 0 Å². The van der Waals surface area contributed by atoms with Crippen molar-refractivity contribution >= 4 is 6.21 Å². The maximum atomic E-state index is 5.51. The number of aliphatic imine (C=N–C) groups is 1. The molecule has 0 aliphatic carbocycles. The van der Waals surface area contributed by atoms with Gasteiger partial charge in [0.15, 0.2) is 0 Å². The minimum atomic E-state index is 0.802. The average molecular weight is 202 g/mol. The van der Waals surface area contributed by atoms with E-state index < -0.39 is 0 Å². The fraction of sp³-hybridized carbons (Fsp3) is 0.462. The van der Waals surface area contributed by atoms with E-state index in [-0.39, 0.29) is 0 Å². The van der Waals surface area contributed by atoms with Gasteiger partial charge in [-0.05, 0) is 48.9 Å². The van der Waals surface area contributed by atoms with Gasteiger partial charge in [0.2, 0.25) is 0 Å². The molecule has 0 bridgehead atoms. The maximum Gasteiger partial charge on any atom is 0.0430 e. The van der Waals surface area contributed by atoms with E-state index in [1.165, 1.54) is 23.1 Å². The van der Waals surface area contributed by atoms with Gasteiger partial charge in [-0.1, -0.05) is 18.2 Å². The highest BCUT2D eigenvalue weighted by Gasteiger charge is 2.09. The molecule has 0 unspecified atom stereocenters. The van der Waals surface area contributed by atoms with Crippen molar-refractivity contribution in [2.45, 2.75) is 25.7 Å². The van der Waals surface area contributed by atoms with Crippen molar-refractivity contribution in [3.63, 3.8) is 0 Å². The molecule has 1 aromatic rings. The van der Waals surface area contributed by atoms with Crippen LogP contribution >= 0.6 is 0 Å². The van der Waals surface area contributed by atoms with Crippen molar-refractivity contribution in [2.75, 3.05) is 13.1 Å². The second-order valence-corrected chi connectivity index (χ2v) is 4.02. The highest BCUT2D eigenvalue weighted by Crippen LogP contribution is 2.19. The molecule has 1 aromatic carbocycles. The second-order valence-electron chi connectivity index (χ2n) is 4.02. The Bertz CT molecular complexity index is 356. The lowest BCUT2D eigenvalue weighted by Gasteiger charge is -2.14. The number of unbranched alkanes of at least 4 members (excludes halogenated alkanes) is 1. The third kappa shape index (κ3) is 2.45. The predicted molar refractivity (Wildman–Crippen MR) is 64.6 cm³/mol. The highest BCUT2D eigenvalue weighted by atomic mass is 14.7. The lowest BCUT2D eigenvalue weighted by molar-refractivity contribution is 0.737. The number of rotatable bonds is 4. The van der Waals surface area contributed by atoms with Gasteiger partial charge in [0, 0.05) is 12.8 Å². The van der Waals surface area contributed by atoms with Crippen LogP contribution in [0.5, 0.6) is 0 Å². The summed E-state index contributed by atoms with van der Waals surface area (Å²) in [6, 6.07) is 6.53. The molecule has 0 fully saturated rings. The Morgan fingerprint density at radius 1 is 1.27 bits per heavy atom. The van der Waals surface area contributed by atoms with Crippen LogP contribution in [0.15, 0.2) is 23.2 Å². The van der Waals surface area contributed by atoms with Crippen LogP contribution in [-0.4, -0.2) is 19.3 Å². The zero-order chi connectivity index (χ0) is 10.5. The van der Waals surface area contributed by atoms with E-state index in [1.54, 1.807) is 0 Å². The molecule has 0 saturated heterocycles. The molecule has 1 aliphatic rings. The third-order valence-electron chi connectivity index (χ3n) is 2.93. The van der Waals surface area contributed by atoms with Gasteiger partial charge in [-0.3, -0.25) is 4.99 Å². The Morgan fingerprint density at radius 3 is 3.07 bits per heavy atom. The van der Waals surface area contributed by atoms with Gasteiger partial charge in [-0.2, -0.15) is 0 Å². The third-order valence-corrected chi connectivity index (χ3v) is 2.93. The standard InChI is InChI=1S/C13H18N2/c14-8-2-1-4-11-5-3-6-12-10-15-9-7-13(11)12/h3,5-6,10H,1-2,4,7-9,14H2. The van der Waals surface area contributed by atoms with Crippen molar-refractivity contribution in [2.24, 2.45) is 10.7 Å². The minimum Gasteiger partial charge on any atom is -0.330 e. The molecular formula is C13H18N2. The number of fused-ring (bicyclic) bond motifs is 1. The lowest BCUT2D eigenvalue weighted by atomic mass is 9.94. The summed E-state index contributed by atoms with van der Waals surface area (Å²) in [5.41, 5.74) is 9.82. The molecule has 2 heteroatoms. The topological polar surface area (TPSA) is 38.4 Å². The molecule has 1 heterocycles. The molecule has 2 nitrogen and oxygen atoms in total. The lowest BCUT2D eigenvalue weighted by Crippen LogP contribution is -2.07. The number of nitrogens with two attached hydrogens (primary N) is 1. The van der Waals surface area contributed by atoms with Gasteiger partial charge in [0.1, 0.15) is 0 Å². The van der Waals surface area contributed by atoms with Gasteiger partial charge in [0.05, 0.1) is 0 Å². The normalized spacial score (nSPS) is 13.9.